The van der Waals surface area contributed by atoms with Crippen LogP contribution < -0.4 is 15.7 Å². The van der Waals surface area contributed by atoms with Gasteiger partial charge in [0.1, 0.15) is 18.0 Å². The Kier molecular flexibility index (Phi) is 5.44. The highest BCUT2D eigenvalue weighted by molar-refractivity contribution is 5.76. The van der Waals surface area contributed by atoms with Crippen molar-refractivity contribution in [1.82, 2.24) is 19.7 Å². The van der Waals surface area contributed by atoms with Gasteiger partial charge in [-0.05, 0) is 37.6 Å². The van der Waals surface area contributed by atoms with Crippen LogP contribution in [0.4, 0.5) is 0 Å². The lowest BCUT2D eigenvalue weighted by atomic mass is 10.2. The van der Waals surface area contributed by atoms with E-state index in [9.17, 15) is 9.59 Å². The summed E-state index contributed by atoms with van der Waals surface area (Å²) < 4.78 is 13.2. The van der Waals surface area contributed by atoms with Gasteiger partial charge in [-0.25, -0.2) is 4.79 Å². The molecule has 0 fully saturated rings. The van der Waals surface area contributed by atoms with Crippen molar-refractivity contribution in [2.24, 2.45) is 0 Å². The zero-order valence-electron chi connectivity index (χ0n) is 15.5. The zero-order valence-corrected chi connectivity index (χ0v) is 15.5. The number of rotatable bonds is 7. The summed E-state index contributed by atoms with van der Waals surface area (Å²) in [5, 5.41) is 7.26. The van der Waals surface area contributed by atoms with Gasteiger partial charge in [-0.15, -0.1) is 5.10 Å². The molecule has 1 N–H and O–H groups in total. The Hall–Kier alpha value is -3.29. The second kappa shape index (κ2) is 7.94. The summed E-state index contributed by atoms with van der Waals surface area (Å²) in [7, 11) is 1.52. The second-order valence-electron chi connectivity index (χ2n) is 6.13. The standard InChI is InChI=1S/C19H22N4O4/c1-4-13(2)20-17(24)12-22-18(16-10-7-11-27-16)21-23(19(22)25)14-8-5-6-9-15(14)26-3/h5-11,13H,4,12H2,1-3H3,(H,20,24)/t13-/m1/s1. The van der Waals surface area contributed by atoms with Crippen LogP contribution in [-0.4, -0.2) is 33.4 Å². The van der Waals surface area contributed by atoms with Crippen molar-refractivity contribution >= 4 is 5.91 Å². The van der Waals surface area contributed by atoms with Crippen LogP contribution in [0.15, 0.2) is 51.9 Å². The summed E-state index contributed by atoms with van der Waals surface area (Å²) in [6, 6.07) is 10.5. The Balaban J connectivity index is 2.08. The number of amides is 1. The lowest BCUT2D eigenvalue weighted by Gasteiger charge is -2.11. The largest absolute Gasteiger partial charge is 0.494 e. The topological polar surface area (TPSA) is 91.3 Å². The first-order chi connectivity index (χ1) is 13.0. The van der Waals surface area contributed by atoms with Crippen LogP contribution in [0.2, 0.25) is 0 Å². The number of benzene rings is 1. The molecule has 1 aromatic carbocycles. The molecule has 1 atom stereocenters. The van der Waals surface area contributed by atoms with E-state index in [1.807, 2.05) is 13.8 Å². The first kappa shape index (κ1) is 18.5. The molecule has 0 saturated carbocycles. The monoisotopic (exact) mass is 370 g/mol. The maximum Gasteiger partial charge on any atom is 0.351 e. The van der Waals surface area contributed by atoms with Crippen LogP contribution in [0.3, 0.4) is 0 Å². The number of nitrogens with zero attached hydrogens (tertiary/aromatic N) is 3. The fourth-order valence-electron chi connectivity index (χ4n) is 2.65. The van der Waals surface area contributed by atoms with Crippen molar-refractivity contribution < 1.29 is 13.9 Å². The summed E-state index contributed by atoms with van der Waals surface area (Å²) in [4.78, 5) is 25.4. The van der Waals surface area contributed by atoms with Gasteiger partial charge in [0.25, 0.3) is 0 Å². The Bertz CT molecular complexity index is 972. The fourth-order valence-corrected chi connectivity index (χ4v) is 2.65. The summed E-state index contributed by atoms with van der Waals surface area (Å²) >= 11 is 0. The molecule has 142 valence electrons. The van der Waals surface area contributed by atoms with E-state index in [2.05, 4.69) is 10.4 Å². The molecule has 0 aliphatic rings. The molecule has 0 aliphatic heterocycles. The van der Waals surface area contributed by atoms with E-state index in [1.165, 1.54) is 22.6 Å². The van der Waals surface area contributed by atoms with E-state index < -0.39 is 5.69 Å². The molecule has 0 aliphatic carbocycles. The van der Waals surface area contributed by atoms with Crippen molar-refractivity contribution in [2.45, 2.75) is 32.9 Å². The molecule has 0 spiro atoms. The fraction of sp³-hybridized carbons (Fsp3) is 0.316. The average Bonchev–Trinajstić information content (AvgIpc) is 3.30. The summed E-state index contributed by atoms with van der Waals surface area (Å²) in [5.41, 5.74) is 0.0316. The maximum atomic E-state index is 13.0. The van der Waals surface area contributed by atoms with E-state index >= 15 is 0 Å². The molecule has 0 unspecified atom stereocenters. The normalized spacial score (nSPS) is 12.0. The van der Waals surface area contributed by atoms with Gasteiger partial charge in [0.2, 0.25) is 11.7 Å². The first-order valence-electron chi connectivity index (χ1n) is 8.71. The number of nitrogens with one attached hydrogen (secondary N) is 1. The van der Waals surface area contributed by atoms with Crippen LogP contribution in [0.25, 0.3) is 17.3 Å². The van der Waals surface area contributed by atoms with Crippen LogP contribution >= 0.6 is 0 Å². The summed E-state index contributed by atoms with van der Waals surface area (Å²) in [5.74, 6) is 0.908. The minimum Gasteiger partial charge on any atom is -0.494 e. The van der Waals surface area contributed by atoms with E-state index in [-0.39, 0.29) is 24.3 Å². The summed E-state index contributed by atoms with van der Waals surface area (Å²) in [6.07, 6.45) is 2.29. The van der Waals surface area contributed by atoms with E-state index in [4.69, 9.17) is 9.15 Å². The highest BCUT2D eigenvalue weighted by atomic mass is 16.5. The van der Waals surface area contributed by atoms with Crippen molar-refractivity contribution in [2.75, 3.05) is 7.11 Å². The number of aromatic nitrogens is 3. The Morgan fingerprint density at radius 3 is 2.74 bits per heavy atom. The molecular formula is C19H22N4O4. The Labute approximate surface area is 156 Å². The average molecular weight is 370 g/mol. The molecular weight excluding hydrogens is 348 g/mol. The Morgan fingerprint density at radius 2 is 2.07 bits per heavy atom. The van der Waals surface area contributed by atoms with Gasteiger partial charge in [0.05, 0.1) is 13.4 Å². The molecule has 8 heteroatoms. The number of para-hydroxylation sites is 2. The number of furan rings is 1. The number of carbonyl (C=O) groups excluding carboxylic acids is 1. The maximum absolute atomic E-state index is 13.0. The van der Waals surface area contributed by atoms with Crippen molar-refractivity contribution in [1.29, 1.82) is 0 Å². The number of methoxy groups -OCH3 is 1. The first-order valence-corrected chi connectivity index (χ1v) is 8.71. The molecule has 0 radical (unpaired) electrons. The molecule has 8 nitrogen and oxygen atoms in total. The molecule has 0 bridgehead atoms. The van der Waals surface area contributed by atoms with Crippen LogP contribution in [-0.2, 0) is 11.3 Å². The predicted molar refractivity (Wildman–Crippen MR) is 100.0 cm³/mol. The highest BCUT2D eigenvalue weighted by Gasteiger charge is 2.22. The number of hydrogen-bond acceptors (Lipinski definition) is 5. The quantitative estimate of drug-likeness (QED) is 0.689. The van der Waals surface area contributed by atoms with Gasteiger partial charge in [-0.3, -0.25) is 9.36 Å². The zero-order chi connectivity index (χ0) is 19.4. The predicted octanol–water partition coefficient (Wildman–Crippen LogP) is 2.22. The van der Waals surface area contributed by atoms with E-state index in [0.717, 1.165) is 6.42 Å². The molecule has 27 heavy (non-hydrogen) atoms. The minimum atomic E-state index is -0.454. The van der Waals surface area contributed by atoms with Crippen LogP contribution in [0, 0.1) is 0 Å². The lowest BCUT2D eigenvalue weighted by Crippen LogP contribution is -2.37. The molecule has 1 amide bonds. The van der Waals surface area contributed by atoms with Gasteiger partial charge in [-0.2, -0.15) is 4.68 Å². The van der Waals surface area contributed by atoms with Gasteiger partial charge in [-0.1, -0.05) is 19.1 Å². The Morgan fingerprint density at radius 1 is 1.30 bits per heavy atom. The molecule has 2 aromatic heterocycles. The number of carbonyl (C=O) groups is 1. The van der Waals surface area contributed by atoms with Crippen molar-refractivity contribution in [3.8, 4) is 23.0 Å². The van der Waals surface area contributed by atoms with Gasteiger partial charge >= 0.3 is 5.69 Å². The molecule has 3 aromatic rings. The molecule has 2 heterocycles. The van der Waals surface area contributed by atoms with E-state index in [0.29, 0.717) is 17.2 Å². The highest BCUT2D eigenvalue weighted by Crippen LogP contribution is 2.22. The number of ether oxygens (including phenoxy) is 1. The molecule has 0 saturated heterocycles. The third-order valence-corrected chi connectivity index (χ3v) is 4.24. The van der Waals surface area contributed by atoms with Crippen LogP contribution in [0.1, 0.15) is 20.3 Å². The van der Waals surface area contributed by atoms with Gasteiger partial charge in [0, 0.05) is 6.04 Å². The lowest BCUT2D eigenvalue weighted by molar-refractivity contribution is -0.122. The molecule has 3 rings (SSSR count). The SMILES string of the molecule is CC[C@@H](C)NC(=O)Cn1c(-c2ccco2)nn(-c2ccccc2OC)c1=O. The number of hydrogen-bond donors (Lipinski definition) is 1. The van der Waals surface area contributed by atoms with Crippen molar-refractivity contribution in [3.05, 3.63) is 53.1 Å². The minimum absolute atomic E-state index is 0.0181. The van der Waals surface area contributed by atoms with Crippen LogP contribution in [0.5, 0.6) is 5.75 Å². The second-order valence-corrected chi connectivity index (χ2v) is 6.13. The third-order valence-electron chi connectivity index (χ3n) is 4.24. The van der Waals surface area contributed by atoms with Gasteiger partial charge < -0.3 is 14.5 Å². The van der Waals surface area contributed by atoms with Gasteiger partial charge in [0.15, 0.2) is 5.76 Å². The van der Waals surface area contributed by atoms with Crippen molar-refractivity contribution in [3.63, 3.8) is 0 Å². The summed E-state index contributed by atoms with van der Waals surface area (Å²) in [6.45, 7) is 3.73. The smallest absolute Gasteiger partial charge is 0.351 e. The third kappa shape index (κ3) is 3.79. The van der Waals surface area contributed by atoms with E-state index in [1.54, 1.807) is 36.4 Å².